The van der Waals surface area contributed by atoms with E-state index in [1.165, 1.54) is 0 Å². The first kappa shape index (κ1) is 27.6. The molecule has 0 aliphatic rings. The summed E-state index contributed by atoms with van der Waals surface area (Å²) in [7, 11) is 0. The monoisotopic (exact) mass is 374 g/mol. The zero-order valence-corrected chi connectivity index (χ0v) is 19.1. The van der Waals surface area contributed by atoms with Gasteiger partial charge < -0.3 is 20.9 Å². The van der Waals surface area contributed by atoms with Gasteiger partial charge in [0, 0.05) is 30.7 Å². The van der Waals surface area contributed by atoms with E-state index in [9.17, 15) is 4.79 Å². The molecule has 5 heteroatoms. The number of carbonyl (C=O) groups is 1. The first-order valence-corrected chi connectivity index (χ1v) is 9.72. The fourth-order valence-corrected chi connectivity index (χ4v) is 1.86. The van der Waals surface area contributed by atoms with Crippen molar-refractivity contribution in [3.05, 3.63) is 0 Å². The third kappa shape index (κ3) is 23.4. The topological polar surface area (TPSA) is 84.6 Å². The molecule has 0 spiro atoms. The van der Waals surface area contributed by atoms with E-state index in [0.717, 1.165) is 6.42 Å². The van der Waals surface area contributed by atoms with Gasteiger partial charge in [-0.05, 0) is 66.2 Å². The van der Waals surface area contributed by atoms with Crippen LogP contribution in [-0.4, -0.2) is 40.9 Å². The van der Waals surface area contributed by atoms with E-state index in [1.54, 1.807) is 0 Å². The molecule has 0 heterocycles. The number of nitrogens with one attached hydrogen (secondary N) is 1. The van der Waals surface area contributed by atoms with E-state index in [2.05, 4.69) is 33.0 Å². The molecule has 0 aliphatic carbocycles. The summed E-state index contributed by atoms with van der Waals surface area (Å²) in [6, 6.07) is 0. The highest BCUT2D eigenvalue weighted by Crippen LogP contribution is 2.19. The number of aliphatic hydroxyl groups excluding tert-OH is 1. The van der Waals surface area contributed by atoms with E-state index >= 15 is 0 Å². The van der Waals surface area contributed by atoms with Gasteiger partial charge in [-0.25, -0.2) is 0 Å². The predicted molar refractivity (Wildman–Crippen MR) is 111 cm³/mol. The largest absolute Gasteiger partial charge is 0.396 e. The molecule has 0 radical (unpaired) electrons. The van der Waals surface area contributed by atoms with Crippen LogP contribution in [0.15, 0.2) is 0 Å². The summed E-state index contributed by atoms with van der Waals surface area (Å²) >= 11 is 0. The van der Waals surface area contributed by atoms with Crippen molar-refractivity contribution in [2.75, 3.05) is 13.2 Å². The van der Waals surface area contributed by atoms with Crippen molar-refractivity contribution in [1.29, 1.82) is 0 Å². The third-order valence-corrected chi connectivity index (χ3v) is 3.41. The first-order chi connectivity index (χ1) is 11.4. The lowest BCUT2D eigenvalue weighted by Crippen LogP contribution is -2.44. The van der Waals surface area contributed by atoms with Crippen LogP contribution in [-0.2, 0) is 9.53 Å². The summed E-state index contributed by atoms with van der Waals surface area (Å²) in [5.74, 6) is -0.00993. The van der Waals surface area contributed by atoms with Gasteiger partial charge in [0.25, 0.3) is 0 Å². The maximum Gasteiger partial charge on any atom is 0.220 e. The Kier molecular flexibility index (Phi) is 11.9. The predicted octanol–water partition coefficient (Wildman–Crippen LogP) is 4.02. The van der Waals surface area contributed by atoms with Gasteiger partial charge >= 0.3 is 0 Å². The van der Waals surface area contributed by atoms with Crippen molar-refractivity contribution in [3.8, 4) is 0 Å². The quantitative estimate of drug-likeness (QED) is 0.539. The zero-order valence-electron chi connectivity index (χ0n) is 19.1. The molecule has 1 amide bonds. The van der Waals surface area contributed by atoms with Gasteiger partial charge in [0.05, 0.1) is 5.60 Å². The highest BCUT2D eigenvalue weighted by Gasteiger charge is 2.24. The van der Waals surface area contributed by atoms with Crippen LogP contribution in [0.2, 0.25) is 0 Å². The van der Waals surface area contributed by atoms with Crippen LogP contribution in [0, 0.1) is 5.41 Å². The van der Waals surface area contributed by atoms with Crippen LogP contribution < -0.4 is 11.1 Å². The van der Waals surface area contributed by atoms with Gasteiger partial charge in [0.2, 0.25) is 5.91 Å². The van der Waals surface area contributed by atoms with E-state index in [1.807, 2.05) is 41.5 Å². The third-order valence-electron chi connectivity index (χ3n) is 3.41. The summed E-state index contributed by atoms with van der Waals surface area (Å²) in [6.45, 7) is 21.1. The molecule has 158 valence electrons. The first-order valence-electron chi connectivity index (χ1n) is 9.72. The average molecular weight is 375 g/mol. The maximum absolute atomic E-state index is 11.9. The van der Waals surface area contributed by atoms with Gasteiger partial charge in [-0.1, -0.05) is 27.7 Å². The molecule has 0 bridgehead atoms. The lowest BCUT2D eigenvalue weighted by Gasteiger charge is -2.29. The number of rotatable bonds is 10. The normalized spacial score (nSPS) is 13.1. The number of hydrogen-bond donors (Lipinski definition) is 3. The van der Waals surface area contributed by atoms with Crippen LogP contribution in [0.5, 0.6) is 0 Å². The molecule has 0 saturated heterocycles. The van der Waals surface area contributed by atoms with Crippen molar-refractivity contribution in [2.45, 2.75) is 112 Å². The van der Waals surface area contributed by atoms with Crippen molar-refractivity contribution in [3.63, 3.8) is 0 Å². The molecule has 0 rings (SSSR count). The maximum atomic E-state index is 11.9. The van der Waals surface area contributed by atoms with Crippen LogP contribution in [0.25, 0.3) is 0 Å². The summed E-state index contributed by atoms with van der Waals surface area (Å²) in [4.78, 5) is 11.9. The minimum Gasteiger partial charge on any atom is -0.396 e. The Labute approximate surface area is 162 Å². The fraction of sp³-hybridized carbons (Fsp3) is 0.952. The van der Waals surface area contributed by atoms with Gasteiger partial charge in [-0.3, -0.25) is 4.79 Å². The van der Waals surface area contributed by atoms with Gasteiger partial charge in [0.1, 0.15) is 0 Å². The molecule has 5 nitrogen and oxygen atoms in total. The van der Waals surface area contributed by atoms with Crippen molar-refractivity contribution in [1.82, 2.24) is 5.32 Å². The molecule has 0 aliphatic heterocycles. The molecule has 26 heavy (non-hydrogen) atoms. The van der Waals surface area contributed by atoms with Crippen molar-refractivity contribution >= 4 is 5.91 Å². The standard InChI is InChI=1S/C16H34N2O3.C5H12/c1-14(2,17)10-12-21-16(5,6)8-7-13(20)18-15(3,4)9-11-19;1-5(2,3)4/h19H,7-12,17H2,1-6H3,(H,18,20);1-4H3. The Balaban J connectivity index is 0. The Bertz CT molecular complexity index is 385. The number of hydrogen-bond acceptors (Lipinski definition) is 4. The minimum absolute atomic E-state index is 0.00993. The molecule has 0 saturated carbocycles. The van der Waals surface area contributed by atoms with Gasteiger partial charge in [0.15, 0.2) is 0 Å². The Hall–Kier alpha value is -0.650. The molecule has 0 atom stereocenters. The lowest BCUT2D eigenvalue weighted by atomic mass is 9.98. The van der Waals surface area contributed by atoms with Crippen LogP contribution in [0.1, 0.15) is 94.9 Å². The van der Waals surface area contributed by atoms with Crippen molar-refractivity contribution in [2.24, 2.45) is 11.1 Å². The Morgan fingerprint density at radius 3 is 1.77 bits per heavy atom. The Morgan fingerprint density at radius 2 is 1.38 bits per heavy atom. The van der Waals surface area contributed by atoms with Crippen molar-refractivity contribution < 1.29 is 14.6 Å². The van der Waals surface area contributed by atoms with Crippen LogP contribution >= 0.6 is 0 Å². The molecule has 0 aromatic heterocycles. The molecule has 4 N–H and O–H groups in total. The number of nitrogens with two attached hydrogens (primary N) is 1. The average Bonchev–Trinajstić information content (AvgIpc) is 2.31. The molecule has 0 fully saturated rings. The molecule has 0 unspecified atom stereocenters. The van der Waals surface area contributed by atoms with E-state index in [-0.39, 0.29) is 29.2 Å². The van der Waals surface area contributed by atoms with E-state index in [0.29, 0.717) is 31.3 Å². The number of amides is 1. The highest BCUT2D eigenvalue weighted by atomic mass is 16.5. The number of carbonyl (C=O) groups excluding carboxylic acids is 1. The summed E-state index contributed by atoms with van der Waals surface area (Å²) < 4.78 is 5.83. The van der Waals surface area contributed by atoms with E-state index < -0.39 is 0 Å². The Morgan fingerprint density at radius 1 is 0.923 bits per heavy atom. The second-order valence-electron chi connectivity index (χ2n) is 10.8. The smallest absolute Gasteiger partial charge is 0.220 e. The second-order valence-corrected chi connectivity index (χ2v) is 10.8. The number of aliphatic hydroxyl groups is 1. The molecular weight excluding hydrogens is 328 g/mol. The molecule has 0 aromatic rings. The summed E-state index contributed by atoms with van der Waals surface area (Å²) in [5, 5.41) is 11.9. The highest BCUT2D eigenvalue weighted by molar-refractivity contribution is 5.76. The summed E-state index contributed by atoms with van der Waals surface area (Å²) in [5.41, 5.74) is 5.47. The zero-order chi connectivity index (χ0) is 21.2. The van der Waals surface area contributed by atoms with E-state index in [4.69, 9.17) is 15.6 Å². The SMILES string of the molecule is CC(C)(C)C.CC(C)(N)CCOC(C)(C)CCC(=O)NC(C)(C)CCO. The molecular formula is C21H46N2O3. The second kappa shape index (κ2) is 11.3. The minimum atomic E-state index is -0.375. The summed E-state index contributed by atoms with van der Waals surface area (Å²) in [6.07, 6.45) is 2.39. The molecule has 0 aromatic carbocycles. The number of ether oxygens (including phenoxy) is 1. The fourth-order valence-electron chi connectivity index (χ4n) is 1.86. The lowest BCUT2D eigenvalue weighted by molar-refractivity contribution is -0.124. The van der Waals surface area contributed by atoms with Gasteiger partial charge in [-0.2, -0.15) is 0 Å². The van der Waals surface area contributed by atoms with Crippen LogP contribution in [0.4, 0.5) is 0 Å². The van der Waals surface area contributed by atoms with Crippen LogP contribution in [0.3, 0.4) is 0 Å². The van der Waals surface area contributed by atoms with Gasteiger partial charge in [-0.15, -0.1) is 0 Å².